The van der Waals surface area contributed by atoms with Crippen molar-refractivity contribution in [3.05, 3.63) is 65.7 Å². The van der Waals surface area contributed by atoms with Crippen molar-refractivity contribution in [1.82, 2.24) is 35.0 Å². The first-order chi connectivity index (χ1) is 16.5. The Hall–Kier alpha value is -3.86. The van der Waals surface area contributed by atoms with Crippen molar-refractivity contribution in [1.29, 1.82) is 0 Å². The number of ether oxygens (including phenoxy) is 3. The van der Waals surface area contributed by atoms with E-state index in [1.54, 1.807) is 11.7 Å². The lowest BCUT2D eigenvalue weighted by atomic mass is 10.1. The molecule has 34 heavy (non-hydrogen) atoms. The van der Waals surface area contributed by atoms with Gasteiger partial charge in [-0.15, -0.1) is 10.2 Å². The second-order valence-electron chi connectivity index (χ2n) is 7.60. The number of para-hydroxylation sites is 1. The minimum Gasteiger partial charge on any atom is -0.493 e. The molecule has 4 rings (SSSR count). The average molecular weight is 480 g/mol. The van der Waals surface area contributed by atoms with Crippen molar-refractivity contribution >= 4 is 17.5 Å². The van der Waals surface area contributed by atoms with Gasteiger partial charge in [-0.1, -0.05) is 18.2 Å². The van der Waals surface area contributed by atoms with Crippen LogP contribution < -0.4 is 9.47 Å². The highest BCUT2D eigenvalue weighted by atomic mass is 32.1. The molecule has 0 N–H and O–H groups in total. The molecular formula is C23H25N7O3S. The molecule has 176 valence electrons. The van der Waals surface area contributed by atoms with Gasteiger partial charge in [-0.3, -0.25) is 0 Å². The Labute approximate surface area is 202 Å². The van der Waals surface area contributed by atoms with Gasteiger partial charge in [0.1, 0.15) is 17.8 Å². The van der Waals surface area contributed by atoms with E-state index in [9.17, 15) is 0 Å². The highest BCUT2D eigenvalue weighted by Gasteiger charge is 2.12. The Morgan fingerprint density at radius 2 is 1.85 bits per heavy atom. The zero-order valence-electron chi connectivity index (χ0n) is 19.2. The van der Waals surface area contributed by atoms with E-state index in [0.29, 0.717) is 30.5 Å². The van der Waals surface area contributed by atoms with Gasteiger partial charge in [0.2, 0.25) is 5.82 Å². The first kappa shape index (κ1) is 23.3. The largest absolute Gasteiger partial charge is 0.493 e. The van der Waals surface area contributed by atoms with Crippen LogP contribution in [0.3, 0.4) is 0 Å². The van der Waals surface area contributed by atoms with Gasteiger partial charge in [0.05, 0.1) is 13.7 Å². The summed E-state index contributed by atoms with van der Waals surface area (Å²) in [7, 11) is 1.74. The minimum absolute atomic E-state index is 0.0372. The lowest BCUT2D eigenvalue weighted by Gasteiger charge is -2.14. The van der Waals surface area contributed by atoms with Gasteiger partial charge < -0.3 is 14.2 Å². The Morgan fingerprint density at radius 3 is 2.56 bits per heavy atom. The smallest absolute Gasteiger partial charge is 0.358 e. The van der Waals surface area contributed by atoms with Crippen molar-refractivity contribution < 1.29 is 14.2 Å². The van der Waals surface area contributed by atoms with E-state index in [1.165, 1.54) is 11.1 Å². The normalized spacial score (nSPS) is 10.8. The van der Waals surface area contributed by atoms with Crippen LogP contribution in [0.15, 0.2) is 48.8 Å². The molecule has 0 bridgehead atoms. The fraction of sp³-hybridized carbons (Fsp3) is 0.304. The van der Waals surface area contributed by atoms with Gasteiger partial charge in [0, 0.05) is 30.7 Å². The summed E-state index contributed by atoms with van der Waals surface area (Å²) in [6.07, 6.45) is 2.24. The number of tetrazole rings is 1. The van der Waals surface area contributed by atoms with Crippen LogP contribution in [0.25, 0.3) is 11.4 Å². The molecule has 0 fully saturated rings. The van der Waals surface area contributed by atoms with Gasteiger partial charge in [-0.25, -0.2) is 9.67 Å². The van der Waals surface area contributed by atoms with Crippen LogP contribution in [0.2, 0.25) is 0 Å². The summed E-state index contributed by atoms with van der Waals surface area (Å²) in [5.74, 6) is 2.73. The van der Waals surface area contributed by atoms with E-state index in [4.69, 9.17) is 26.4 Å². The molecule has 0 saturated carbocycles. The maximum Gasteiger partial charge on any atom is 0.358 e. The maximum atomic E-state index is 6.07. The number of aromatic nitrogens is 7. The molecule has 0 spiro atoms. The number of rotatable bonds is 9. The Bertz CT molecular complexity index is 1230. The molecule has 0 atom stereocenters. The van der Waals surface area contributed by atoms with Crippen molar-refractivity contribution in [3.63, 3.8) is 0 Å². The molecule has 2 heterocycles. The van der Waals surface area contributed by atoms with Crippen molar-refractivity contribution in [2.75, 3.05) is 6.61 Å². The number of aryl methyl sites for hydroxylation is 4. The minimum atomic E-state index is 0.0372. The van der Waals surface area contributed by atoms with Crippen LogP contribution in [-0.4, -0.2) is 46.8 Å². The van der Waals surface area contributed by atoms with Gasteiger partial charge >= 0.3 is 5.24 Å². The molecule has 4 aromatic rings. The summed E-state index contributed by atoms with van der Waals surface area (Å²) in [4.78, 5) is 5.69. The van der Waals surface area contributed by atoms with Crippen LogP contribution in [0, 0.1) is 13.8 Å². The van der Waals surface area contributed by atoms with E-state index in [0.717, 1.165) is 28.9 Å². The molecule has 0 aliphatic rings. The Balaban J connectivity index is 1.26. The summed E-state index contributed by atoms with van der Waals surface area (Å²) >= 11 is 5.14. The fourth-order valence-electron chi connectivity index (χ4n) is 3.42. The average Bonchev–Trinajstić information content (AvgIpc) is 3.46. The topological polar surface area (TPSA) is 102 Å². The van der Waals surface area contributed by atoms with E-state index in [2.05, 4.69) is 25.5 Å². The summed E-state index contributed by atoms with van der Waals surface area (Å²) in [5, 5.41) is 16.5. The molecular weight excluding hydrogens is 454 g/mol. The van der Waals surface area contributed by atoms with Crippen LogP contribution in [0.5, 0.6) is 11.5 Å². The summed E-state index contributed by atoms with van der Waals surface area (Å²) in [5.41, 5.74) is 2.95. The Kier molecular flexibility index (Phi) is 7.43. The van der Waals surface area contributed by atoms with Crippen LogP contribution in [-0.2, 0) is 24.9 Å². The van der Waals surface area contributed by atoms with Crippen LogP contribution in [0.4, 0.5) is 0 Å². The molecule has 10 nitrogen and oxygen atoms in total. The van der Waals surface area contributed by atoms with Crippen molar-refractivity contribution in [2.24, 2.45) is 7.05 Å². The third kappa shape index (κ3) is 5.93. The molecule has 0 radical (unpaired) electrons. The number of thiocarbonyl (C=S) groups is 1. The second kappa shape index (κ2) is 10.8. The predicted octanol–water partition coefficient (Wildman–Crippen LogP) is 3.44. The van der Waals surface area contributed by atoms with Crippen molar-refractivity contribution in [3.8, 4) is 22.9 Å². The first-order valence-electron chi connectivity index (χ1n) is 10.7. The number of hydrogen-bond acceptors (Lipinski definition) is 9. The highest BCUT2D eigenvalue weighted by Crippen LogP contribution is 2.28. The number of nitrogens with zero attached hydrogens (tertiary/aromatic N) is 7. The van der Waals surface area contributed by atoms with Gasteiger partial charge in [0.15, 0.2) is 12.4 Å². The third-order valence-electron chi connectivity index (χ3n) is 4.95. The maximum absolute atomic E-state index is 6.07. The van der Waals surface area contributed by atoms with Gasteiger partial charge in [0.25, 0.3) is 0 Å². The summed E-state index contributed by atoms with van der Waals surface area (Å²) in [6, 6.07) is 13.3. The molecule has 0 aliphatic carbocycles. The third-order valence-corrected chi connectivity index (χ3v) is 5.15. The zero-order valence-corrected chi connectivity index (χ0v) is 20.0. The van der Waals surface area contributed by atoms with E-state index in [-0.39, 0.29) is 11.8 Å². The molecule has 2 aromatic carbocycles. The lowest BCUT2D eigenvalue weighted by molar-refractivity contribution is 0.222. The molecule has 0 saturated heterocycles. The quantitative estimate of drug-likeness (QED) is 0.264. The molecule has 0 amide bonds. The molecule has 0 aliphatic heterocycles. The lowest BCUT2D eigenvalue weighted by Crippen LogP contribution is -2.14. The van der Waals surface area contributed by atoms with E-state index in [1.807, 2.05) is 56.3 Å². The standard InChI is InChI=1S/C23H25N7O3S/c1-16-12-18(22-26-28-29(3)27-22)13-17(2)21(16)31-11-7-10-30-20(24-15-25-30)14-32-23(34)33-19-8-5-4-6-9-19/h4-6,8-9,12-13,15H,7,10-11,14H2,1-3H3. The molecule has 0 unspecified atom stereocenters. The summed E-state index contributed by atoms with van der Waals surface area (Å²) in [6.45, 7) is 5.35. The first-order valence-corrected chi connectivity index (χ1v) is 11.1. The molecule has 2 aromatic heterocycles. The van der Waals surface area contributed by atoms with Crippen LogP contribution in [0.1, 0.15) is 23.4 Å². The predicted molar refractivity (Wildman–Crippen MR) is 128 cm³/mol. The number of hydrogen-bond donors (Lipinski definition) is 0. The second-order valence-corrected chi connectivity index (χ2v) is 7.93. The fourth-order valence-corrected chi connectivity index (χ4v) is 3.57. The summed E-state index contributed by atoms with van der Waals surface area (Å²) < 4.78 is 18.9. The van der Waals surface area contributed by atoms with Crippen LogP contribution >= 0.6 is 12.2 Å². The Morgan fingerprint density at radius 1 is 1.09 bits per heavy atom. The zero-order chi connectivity index (χ0) is 23.9. The SMILES string of the molecule is Cc1cc(-c2nnn(C)n2)cc(C)c1OCCCn1ncnc1COC(=S)Oc1ccccc1. The van der Waals surface area contributed by atoms with E-state index >= 15 is 0 Å². The monoisotopic (exact) mass is 479 g/mol. The van der Waals surface area contributed by atoms with E-state index < -0.39 is 0 Å². The molecule has 11 heteroatoms. The number of benzene rings is 2. The van der Waals surface area contributed by atoms with Gasteiger partial charge in [-0.2, -0.15) is 9.90 Å². The van der Waals surface area contributed by atoms with Gasteiger partial charge in [-0.05, 0) is 54.5 Å². The van der Waals surface area contributed by atoms with Crippen molar-refractivity contribution in [2.45, 2.75) is 33.4 Å². The highest BCUT2D eigenvalue weighted by molar-refractivity contribution is 7.79.